The summed E-state index contributed by atoms with van der Waals surface area (Å²) in [6.45, 7) is 0.622. The molecule has 2 amide bonds. The average Bonchev–Trinajstić information content (AvgIpc) is 1.87. The van der Waals surface area contributed by atoms with E-state index >= 15 is 0 Å². The molecule has 64 valence electrons. The summed E-state index contributed by atoms with van der Waals surface area (Å²) in [5, 5.41) is 2.50. The molecular weight excluding hydrogens is 146 g/mol. The minimum absolute atomic E-state index is 0.145. The van der Waals surface area contributed by atoms with Gasteiger partial charge in [-0.15, -0.1) is 0 Å². The molecule has 0 fully saturated rings. The third-order valence-corrected chi connectivity index (χ3v) is 1.06. The SMILES string of the molecule is NCCC(=O)NCCC(N)=O. The van der Waals surface area contributed by atoms with Gasteiger partial charge in [0, 0.05) is 25.9 Å². The first-order valence-electron chi connectivity index (χ1n) is 3.42. The monoisotopic (exact) mass is 159 g/mol. The molecule has 0 aromatic heterocycles. The van der Waals surface area contributed by atoms with E-state index in [2.05, 4.69) is 5.32 Å². The highest BCUT2D eigenvalue weighted by Crippen LogP contribution is 1.76. The van der Waals surface area contributed by atoms with Crippen molar-refractivity contribution in [2.75, 3.05) is 13.1 Å². The molecule has 5 nitrogen and oxygen atoms in total. The van der Waals surface area contributed by atoms with Crippen LogP contribution in [0.3, 0.4) is 0 Å². The Labute approximate surface area is 65.1 Å². The molecule has 5 heteroatoms. The zero-order valence-electron chi connectivity index (χ0n) is 6.30. The topological polar surface area (TPSA) is 98.2 Å². The highest BCUT2D eigenvalue weighted by atomic mass is 16.2. The van der Waals surface area contributed by atoms with E-state index in [4.69, 9.17) is 11.5 Å². The molecule has 0 aliphatic rings. The molecule has 0 rings (SSSR count). The van der Waals surface area contributed by atoms with Gasteiger partial charge < -0.3 is 16.8 Å². The predicted molar refractivity (Wildman–Crippen MR) is 40.5 cm³/mol. The van der Waals surface area contributed by atoms with Gasteiger partial charge in [-0.05, 0) is 0 Å². The van der Waals surface area contributed by atoms with Crippen LogP contribution in [-0.4, -0.2) is 24.9 Å². The van der Waals surface area contributed by atoms with Crippen LogP contribution in [0, 0.1) is 0 Å². The lowest BCUT2D eigenvalue weighted by atomic mass is 10.3. The maximum absolute atomic E-state index is 10.7. The number of carbonyl (C=O) groups excluding carboxylic acids is 2. The Morgan fingerprint density at radius 3 is 2.36 bits per heavy atom. The van der Waals surface area contributed by atoms with Gasteiger partial charge in [-0.3, -0.25) is 9.59 Å². The molecule has 0 aromatic rings. The molecule has 5 N–H and O–H groups in total. The third-order valence-electron chi connectivity index (χ3n) is 1.06. The van der Waals surface area contributed by atoms with Gasteiger partial charge in [0.15, 0.2) is 0 Å². The first-order chi connectivity index (χ1) is 5.16. The zero-order chi connectivity index (χ0) is 8.69. The van der Waals surface area contributed by atoms with E-state index in [0.29, 0.717) is 19.5 Å². The van der Waals surface area contributed by atoms with E-state index in [-0.39, 0.29) is 12.3 Å². The molecule has 0 radical (unpaired) electrons. The van der Waals surface area contributed by atoms with E-state index in [1.165, 1.54) is 0 Å². The summed E-state index contributed by atoms with van der Waals surface area (Å²) in [7, 11) is 0. The average molecular weight is 159 g/mol. The van der Waals surface area contributed by atoms with Gasteiger partial charge in [0.2, 0.25) is 11.8 Å². The molecule has 0 aliphatic carbocycles. The summed E-state index contributed by atoms with van der Waals surface area (Å²) in [4.78, 5) is 20.9. The van der Waals surface area contributed by atoms with Crippen LogP contribution in [-0.2, 0) is 9.59 Å². The van der Waals surface area contributed by atoms with Crippen molar-refractivity contribution in [3.05, 3.63) is 0 Å². The fourth-order valence-electron chi connectivity index (χ4n) is 0.545. The summed E-state index contributed by atoms with van der Waals surface area (Å²) in [6, 6.07) is 0. The predicted octanol–water partition coefficient (Wildman–Crippen LogP) is -1.67. The van der Waals surface area contributed by atoms with E-state index in [9.17, 15) is 9.59 Å². The number of primary amides is 1. The number of nitrogens with two attached hydrogens (primary N) is 2. The lowest BCUT2D eigenvalue weighted by Gasteiger charge is -2.00. The molecule has 0 aliphatic heterocycles. The second-order valence-electron chi connectivity index (χ2n) is 2.10. The van der Waals surface area contributed by atoms with Gasteiger partial charge in [0.05, 0.1) is 0 Å². The van der Waals surface area contributed by atoms with Crippen molar-refractivity contribution in [3.63, 3.8) is 0 Å². The molecule has 0 spiro atoms. The van der Waals surface area contributed by atoms with Crippen LogP contribution in [0.1, 0.15) is 12.8 Å². The van der Waals surface area contributed by atoms with Gasteiger partial charge >= 0.3 is 0 Å². The first kappa shape index (κ1) is 9.90. The van der Waals surface area contributed by atoms with Crippen LogP contribution in [0.15, 0.2) is 0 Å². The van der Waals surface area contributed by atoms with Gasteiger partial charge in [-0.1, -0.05) is 0 Å². The number of nitrogens with one attached hydrogen (secondary N) is 1. The molecule has 0 aromatic carbocycles. The summed E-state index contributed by atoms with van der Waals surface area (Å²) < 4.78 is 0. The van der Waals surface area contributed by atoms with Crippen LogP contribution in [0.4, 0.5) is 0 Å². The standard InChI is InChI=1S/C6H13N3O2/c7-3-1-6(11)9-4-2-5(8)10/h1-4,7H2,(H2,8,10)(H,9,11). The zero-order valence-corrected chi connectivity index (χ0v) is 6.30. The highest BCUT2D eigenvalue weighted by molar-refractivity contribution is 5.78. The summed E-state index contributed by atoms with van der Waals surface area (Å²) in [5.74, 6) is -0.563. The molecular formula is C6H13N3O2. The number of hydrogen-bond acceptors (Lipinski definition) is 3. The van der Waals surface area contributed by atoms with Gasteiger partial charge in [0.1, 0.15) is 0 Å². The fourth-order valence-corrected chi connectivity index (χ4v) is 0.545. The summed E-state index contributed by atoms with van der Waals surface area (Å²) in [5.41, 5.74) is 9.95. The molecule has 0 saturated heterocycles. The Balaban J connectivity index is 3.24. The summed E-state index contributed by atoms with van der Waals surface area (Å²) in [6.07, 6.45) is 0.467. The van der Waals surface area contributed by atoms with E-state index < -0.39 is 5.91 Å². The Morgan fingerprint density at radius 2 is 1.91 bits per heavy atom. The lowest BCUT2D eigenvalue weighted by molar-refractivity contribution is -0.121. The van der Waals surface area contributed by atoms with Gasteiger partial charge in [-0.25, -0.2) is 0 Å². The van der Waals surface area contributed by atoms with Crippen LogP contribution < -0.4 is 16.8 Å². The van der Waals surface area contributed by atoms with Crippen molar-refractivity contribution >= 4 is 11.8 Å². The van der Waals surface area contributed by atoms with Crippen molar-refractivity contribution in [3.8, 4) is 0 Å². The molecule has 0 heterocycles. The van der Waals surface area contributed by atoms with Crippen molar-refractivity contribution in [2.45, 2.75) is 12.8 Å². The second kappa shape index (κ2) is 5.67. The second-order valence-corrected chi connectivity index (χ2v) is 2.10. The van der Waals surface area contributed by atoms with Crippen LogP contribution in [0.25, 0.3) is 0 Å². The fraction of sp³-hybridized carbons (Fsp3) is 0.667. The Bertz CT molecular complexity index is 147. The number of carbonyl (C=O) groups is 2. The van der Waals surface area contributed by atoms with Crippen LogP contribution in [0.2, 0.25) is 0 Å². The van der Waals surface area contributed by atoms with Crippen molar-refractivity contribution in [1.29, 1.82) is 0 Å². The molecule has 0 atom stereocenters. The Hall–Kier alpha value is -1.10. The lowest BCUT2D eigenvalue weighted by Crippen LogP contribution is -2.29. The molecule has 0 unspecified atom stereocenters. The third kappa shape index (κ3) is 6.79. The van der Waals surface area contributed by atoms with Crippen molar-refractivity contribution in [2.24, 2.45) is 11.5 Å². The maximum atomic E-state index is 10.7. The van der Waals surface area contributed by atoms with Crippen molar-refractivity contribution in [1.82, 2.24) is 5.32 Å². The normalized spacial score (nSPS) is 9.18. The van der Waals surface area contributed by atoms with Crippen molar-refractivity contribution < 1.29 is 9.59 Å². The number of hydrogen-bond donors (Lipinski definition) is 3. The summed E-state index contributed by atoms with van der Waals surface area (Å²) >= 11 is 0. The number of rotatable bonds is 5. The van der Waals surface area contributed by atoms with E-state index in [0.717, 1.165) is 0 Å². The Kier molecular flexibility index (Phi) is 5.10. The minimum Gasteiger partial charge on any atom is -0.370 e. The van der Waals surface area contributed by atoms with E-state index in [1.54, 1.807) is 0 Å². The molecule has 0 bridgehead atoms. The van der Waals surface area contributed by atoms with E-state index in [1.807, 2.05) is 0 Å². The molecule has 0 saturated carbocycles. The Morgan fingerprint density at radius 1 is 1.27 bits per heavy atom. The first-order valence-corrected chi connectivity index (χ1v) is 3.42. The minimum atomic E-state index is -0.418. The molecule has 11 heavy (non-hydrogen) atoms. The van der Waals surface area contributed by atoms with Gasteiger partial charge in [0.25, 0.3) is 0 Å². The van der Waals surface area contributed by atoms with Crippen LogP contribution >= 0.6 is 0 Å². The van der Waals surface area contributed by atoms with Crippen LogP contribution in [0.5, 0.6) is 0 Å². The van der Waals surface area contributed by atoms with Gasteiger partial charge in [-0.2, -0.15) is 0 Å². The quantitative estimate of drug-likeness (QED) is 0.447. The smallest absolute Gasteiger partial charge is 0.221 e. The largest absolute Gasteiger partial charge is 0.370 e. The highest BCUT2D eigenvalue weighted by Gasteiger charge is 1.98. The maximum Gasteiger partial charge on any atom is 0.221 e. The number of amides is 2.